The topological polar surface area (TPSA) is 60.9 Å². The van der Waals surface area contributed by atoms with Gasteiger partial charge in [-0.15, -0.1) is 0 Å². The highest BCUT2D eigenvalue weighted by Gasteiger charge is 2.44. The Kier molecular flexibility index (Phi) is 5.21. The summed E-state index contributed by atoms with van der Waals surface area (Å²) in [6, 6.07) is 13.0. The first-order valence-electron chi connectivity index (χ1n) is 8.69. The Morgan fingerprint density at radius 3 is 2.30 bits per heavy atom. The second kappa shape index (κ2) is 7.57. The van der Waals surface area contributed by atoms with Crippen LogP contribution in [0.1, 0.15) is 13.8 Å². The number of anilines is 2. The maximum Gasteiger partial charge on any atom is 0.332 e. The van der Waals surface area contributed by atoms with Gasteiger partial charge in [-0.25, -0.2) is 9.18 Å². The molecule has 7 heteroatoms. The number of carbonyl (C=O) groups excluding carboxylic acids is 3. The summed E-state index contributed by atoms with van der Waals surface area (Å²) >= 11 is 0. The highest BCUT2D eigenvalue weighted by Crippen LogP contribution is 2.26. The van der Waals surface area contributed by atoms with E-state index in [1.807, 2.05) is 25.1 Å². The number of urea groups is 1. The molecule has 0 unspecified atom stereocenters. The Hall–Kier alpha value is -3.22. The number of benzene rings is 2. The molecular formula is C20H20FN3O3. The minimum absolute atomic E-state index is 0.345. The van der Waals surface area contributed by atoms with Crippen molar-refractivity contribution in [2.45, 2.75) is 19.9 Å². The van der Waals surface area contributed by atoms with Gasteiger partial charge in [-0.1, -0.05) is 18.2 Å². The monoisotopic (exact) mass is 369 g/mol. The summed E-state index contributed by atoms with van der Waals surface area (Å²) in [4.78, 5) is 41.8. The minimum Gasteiger partial charge on any atom is -0.311 e. The Labute approximate surface area is 156 Å². The van der Waals surface area contributed by atoms with Crippen LogP contribution in [-0.2, 0) is 9.59 Å². The van der Waals surface area contributed by atoms with Crippen LogP contribution in [0.2, 0.25) is 0 Å². The summed E-state index contributed by atoms with van der Waals surface area (Å²) in [6.07, 6.45) is 0. The minimum atomic E-state index is -0.762. The Morgan fingerprint density at radius 2 is 1.70 bits per heavy atom. The molecule has 4 amide bonds. The predicted molar refractivity (Wildman–Crippen MR) is 99.9 cm³/mol. The largest absolute Gasteiger partial charge is 0.332 e. The lowest BCUT2D eigenvalue weighted by atomic mass is 10.2. The summed E-state index contributed by atoms with van der Waals surface area (Å²) in [7, 11) is 0. The van der Waals surface area contributed by atoms with Crippen molar-refractivity contribution < 1.29 is 18.8 Å². The molecule has 0 bridgehead atoms. The number of halogens is 1. The van der Waals surface area contributed by atoms with E-state index in [4.69, 9.17) is 0 Å². The van der Waals surface area contributed by atoms with Crippen LogP contribution in [0.3, 0.4) is 0 Å². The molecule has 0 aromatic heterocycles. The summed E-state index contributed by atoms with van der Waals surface area (Å²) in [6.45, 7) is 3.48. The number of imide groups is 1. The van der Waals surface area contributed by atoms with Crippen LogP contribution in [0.25, 0.3) is 0 Å². The van der Waals surface area contributed by atoms with Gasteiger partial charge in [0.2, 0.25) is 5.91 Å². The molecule has 6 nitrogen and oxygen atoms in total. The zero-order valence-corrected chi connectivity index (χ0v) is 15.1. The molecule has 0 aliphatic carbocycles. The van der Waals surface area contributed by atoms with E-state index in [1.165, 1.54) is 34.1 Å². The molecule has 1 fully saturated rings. The lowest BCUT2D eigenvalue weighted by Gasteiger charge is -2.23. The number of hydrogen-bond acceptors (Lipinski definition) is 3. The molecule has 0 N–H and O–H groups in total. The van der Waals surface area contributed by atoms with Crippen LogP contribution < -0.4 is 9.80 Å². The van der Waals surface area contributed by atoms with Gasteiger partial charge in [-0.2, -0.15) is 0 Å². The van der Waals surface area contributed by atoms with Crippen LogP contribution in [-0.4, -0.2) is 41.9 Å². The number of amides is 4. The number of hydrogen-bond donors (Lipinski definition) is 0. The first kappa shape index (κ1) is 18.6. The third-order valence-electron chi connectivity index (χ3n) is 4.53. The lowest BCUT2D eigenvalue weighted by molar-refractivity contribution is -0.131. The van der Waals surface area contributed by atoms with E-state index in [2.05, 4.69) is 0 Å². The Balaban J connectivity index is 1.80. The van der Waals surface area contributed by atoms with Crippen molar-refractivity contribution in [1.29, 1.82) is 0 Å². The summed E-state index contributed by atoms with van der Waals surface area (Å²) in [5, 5.41) is 0. The van der Waals surface area contributed by atoms with Crippen LogP contribution in [0.5, 0.6) is 0 Å². The van der Waals surface area contributed by atoms with Crippen molar-refractivity contribution in [2.24, 2.45) is 0 Å². The first-order chi connectivity index (χ1) is 12.9. The van der Waals surface area contributed by atoms with Gasteiger partial charge in [0, 0.05) is 17.9 Å². The van der Waals surface area contributed by atoms with E-state index >= 15 is 0 Å². The van der Waals surface area contributed by atoms with Crippen LogP contribution in [0, 0.1) is 5.82 Å². The zero-order valence-electron chi connectivity index (χ0n) is 15.1. The zero-order chi connectivity index (χ0) is 19.6. The van der Waals surface area contributed by atoms with Gasteiger partial charge < -0.3 is 4.90 Å². The van der Waals surface area contributed by atoms with Gasteiger partial charge in [-0.05, 0) is 50.2 Å². The highest BCUT2D eigenvalue weighted by atomic mass is 19.1. The van der Waals surface area contributed by atoms with Crippen molar-refractivity contribution in [3.63, 3.8) is 0 Å². The van der Waals surface area contributed by atoms with Crippen LogP contribution >= 0.6 is 0 Å². The standard InChI is InChI=1S/C20H20FN3O3/c1-3-22(16-7-5-4-6-8-16)18(25)13-23-19(26)14(2)24(20(23)27)17-11-9-15(21)10-12-17/h4-12,14H,3,13H2,1-2H3/t14-/m0/s1. The van der Waals surface area contributed by atoms with Gasteiger partial charge in [0.25, 0.3) is 5.91 Å². The molecule has 140 valence electrons. The molecule has 0 saturated carbocycles. The van der Waals surface area contributed by atoms with E-state index < -0.39 is 23.8 Å². The summed E-state index contributed by atoms with van der Waals surface area (Å²) in [5.41, 5.74) is 1.11. The van der Waals surface area contributed by atoms with Gasteiger partial charge in [-0.3, -0.25) is 19.4 Å². The second-order valence-electron chi connectivity index (χ2n) is 6.20. The third kappa shape index (κ3) is 3.53. The van der Waals surface area contributed by atoms with E-state index in [-0.39, 0.29) is 12.5 Å². The lowest BCUT2D eigenvalue weighted by Crippen LogP contribution is -2.43. The second-order valence-corrected chi connectivity index (χ2v) is 6.20. The first-order valence-corrected chi connectivity index (χ1v) is 8.69. The van der Waals surface area contributed by atoms with E-state index in [0.29, 0.717) is 17.9 Å². The maximum atomic E-state index is 13.2. The van der Waals surface area contributed by atoms with Gasteiger partial charge in [0.1, 0.15) is 18.4 Å². The van der Waals surface area contributed by atoms with Crippen molar-refractivity contribution in [3.8, 4) is 0 Å². The number of para-hydroxylation sites is 1. The number of nitrogens with zero attached hydrogens (tertiary/aromatic N) is 3. The maximum absolute atomic E-state index is 13.2. The average Bonchev–Trinajstić information content (AvgIpc) is 2.88. The number of likely N-dealkylation sites (N-methyl/N-ethyl adjacent to an activating group) is 1. The van der Waals surface area contributed by atoms with Gasteiger partial charge in [0.15, 0.2) is 0 Å². The fourth-order valence-electron chi connectivity index (χ4n) is 3.14. The summed E-state index contributed by atoms with van der Waals surface area (Å²) < 4.78 is 13.2. The fourth-order valence-corrected chi connectivity index (χ4v) is 3.14. The molecule has 2 aromatic rings. The van der Waals surface area contributed by atoms with E-state index in [1.54, 1.807) is 19.1 Å². The van der Waals surface area contributed by atoms with Crippen molar-refractivity contribution in [3.05, 3.63) is 60.4 Å². The van der Waals surface area contributed by atoms with Crippen molar-refractivity contribution in [1.82, 2.24) is 4.90 Å². The molecular weight excluding hydrogens is 349 g/mol. The van der Waals surface area contributed by atoms with E-state index in [0.717, 1.165) is 4.90 Å². The molecule has 1 saturated heterocycles. The molecule has 1 heterocycles. The van der Waals surface area contributed by atoms with Crippen LogP contribution in [0.15, 0.2) is 54.6 Å². The smallest absolute Gasteiger partial charge is 0.311 e. The Morgan fingerprint density at radius 1 is 1.07 bits per heavy atom. The molecule has 0 spiro atoms. The molecule has 3 rings (SSSR count). The number of carbonyl (C=O) groups is 3. The number of rotatable bonds is 5. The van der Waals surface area contributed by atoms with E-state index in [9.17, 15) is 18.8 Å². The van der Waals surface area contributed by atoms with Gasteiger partial charge >= 0.3 is 6.03 Å². The molecule has 2 aromatic carbocycles. The average molecular weight is 369 g/mol. The van der Waals surface area contributed by atoms with Gasteiger partial charge in [0.05, 0.1) is 0 Å². The SMILES string of the molecule is CCN(C(=O)CN1C(=O)[C@H](C)N(c2ccc(F)cc2)C1=O)c1ccccc1. The highest BCUT2D eigenvalue weighted by molar-refractivity contribution is 6.16. The normalized spacial score (nSPS) is 16.8. The predicted octanol–water partition coefficient (Wildman–Crippen LogP) is 3.04. The quantitative estimate of drug-likeness (QED) is 0.761. The van der Waals surface area contributed by atoms with Crippen molar-refractivity contribution >= 4 is 29.2 Å². The fraction of sp³-hybridized carbons (Fsp3) is 0.250. The molecule has 1 aliphatic rings. The molecule has 1 aliphatic heterocycles. The van der Waals surface area contributed by atoms with Crippen molar-refractivity contribution in [2.75, 3.05) is 22.9 Å². The molecule has 27 heavy (non-hydrogen) atoms. The Bertz CT molecular complexity index is 855. The molecule has 1 atom stereocenters. The third-order valence-corrected chi connectivity index (χ3v) is 4.53. The molecule has 0 radical (unpaired) electrons. The summed E-state index contributed by atoms with van der Waals surface area (Å²) in [5.74, 6) is -1.24. The van der Waals surface area contributed by atoms with Crippen LogP contribution in [0.4, 0.5) is 20.6 Å².